The molecule has 0 saturated heterocycles. The van der Waals surface area contributed by atoms with Gasteiger partial charge in [-0.3, -0.25) is 4.57 Å². The minimum atomic E-state index is -0.467. The van der Waals surface area contributed by atoms with E-state index >= 15 is 0 Å². The average Bonchev–Trinajstić information content (AvgIpc) is 2.74. The number of nitrogens with zero attached hydrogens (tertiary/aromatic N) is 2. The van der Waals surface area contributed by atoms with Crippen LogP contribution in [-0.4, -0.2) is 16.7 Å². The molecule has 0 aliphatic rings. The Kier molecular flexibility index (Phi) is 2.78. The number of ether oxygens (including phenoxy) is 1. The predicted octanol–water partition coefficient (Wildman–Crippen LogP) is 2.89. The third-order valence-electron chi connectivity index (χ3n) is 3.04. The normalized spacial score (nSPS) is 10.9. The van der Waals surface area contributed by atoms with Crippen molar-refractivity contribution in [1.82, 2.24) is 9.55 Å². The molecule has 0 atom stereocenters. The number of rotatable bonds is 2. The molecule has 0 saturated carbocycles. The zero-order valence-electron chi connectivity index (χ0n) is 10.6. The lowest BCUT2D eigenvalue weighted by molar-refractivity contribution is 0.386. The lowest BCUT2D eigenvalue weighted by atomic mass is 10.2. The quantitative estimate of drug-likeness (QED) is 0.782. The first-order valence-electron chi connectivity index (χ1n) is 5.87. The number of aromatic nitrogens is 2. The fraction of sp³-hybridized carbons (Fsp3) is 0.0714. The molecule has 0 spiro atoms. The smallest absolute Gasteiger partial charge is 0.205 e. The second-order valence-corrected chi connectivity index (χ2v) is 4.26. The van der Waals surface area contributed by atoms with Gasteiger partial charge in [0.25, 0.3) is 0 Å². The largest absolute Gasteiger partial charge is 0.494 e. The molecule has 6 heteroatoms. The van der Waals surface area contributed by atoms with Crippen molar-refractivity contribution < 1.29 is 13.5 Å². The topological polar surface area (TPSA) is 53.1 Å². The second kappa shape index (κ2) is 4.48. The van der Waals surface area contributed by atoms with Crippen molar-refractivity contribution in [2.24, 2.45) is 0 Å². The molecule has 1 heterocycles. The number of methoxy groups -OCH3 is 1. The van der Waals surface area contributed by atoms with Crippen LogP contribution < -0.4 is 10.5 Å². The predicted molar refractivity (Wildman–Crippen MR) is 72.0 cm³/mol. The number of nitrogens with two attached hydrogens (primary N) is 1. The highest BCUT2D eigenvalue weighted by molar-refractivity contribution is 5.81. The van der Waals surface area contributed by atoms with Crippen LogP contribution in [0.15, 0.2) is 36.4 Å². The molecule has 1 aromatic heterocycles. The van der Waals surface area contributed by atoms with Crippen LogP contribution >= 0.6 is 0 Å². The van der Waals surface area contributed by atoms with E-state index in [1.54, 1.807) is 16.7 Å². The molecular formula is C14H11F2N3O. The highest BCUT2D eigenvalue weighted by Crippen LogP contribution is 2.27. The summed E-state index contributed by atoms with van der Waals surface area (Å²) in [4.78, 5) is 4.09. The summed E-state index contributed by atoms with van der Waals surface area (Å²) in [5, 5.41) is 0. The van der Waals surface area contributed by atoms with Crippen LogP contribution in [0.5, 0.6) is 5.75 Å². The van der Waals surface area contributed by atoms with Gasteiger partial charge in [0.05, 0.1) is 23.8 Å². The number of nitrogen functional groups attached to an aromatic ring is 1. The zero-order valence-corrected chi connectivity index (χ0v) is 10.6. The first-order chi connectivity index (χ1) is 9.60. The molecule has 0 amide bonds. The molecule has 20 heavy (non-hydrogen) atoms. The second-order valence-electron chi connectivity index (χ2n) is 4.26. The molecule has 2 aromatic carbocycles. The summed E-state index contributed by atoms with van der Waals surface area (Å²) in [5.41, 5.74) is 7.52. The highest BCUT2D eigenvalue weighted by atomic mass is 19.1. The van der Waals surface area contributed by atoms with E-state index in [-0.39, 0.29) is 17.5 Å². The van der Waals surface area contributed by atoms with Gasteiger partial charge < -0.3 is 10.5 Å². The van der Waals surface area contributed by atoms with E-state index < -0.39 is 5.82 Å². The standard InChI is InChI=1S/C14H11F2N3O/c1-20-13-7-9(3-4-10(13)16)19-12-5-2-8(15)6-11(12)18-14(19)17/h2-7H,1H3,(H2,17,18). The van der Waals surface area contributed by atoms with Crippen LogP contribution in [0.25, 0.3) is 16.7 Å². The van der Waals surface area contributed by atoms with E-state index in [2.05, 4.69) is 4.98 Å². The van der Waals surface area contributed by atoms with Gasteiger partial charge in [-0.15, -0.1) is 0 Å². The summed E-state index contributed by atoms with van der Waals surface area (Å²) in [5.74, 6) is -0.561. The molecule has 0 bridgehead atoms. The van der Waals surface area contributed by atoms with Crippen molar-refractivity contribution >= 4 is 17.0 Å². The maximum Gasteiger partial charge on any atom is 0.205 e. The molecule has 102 valence electrons. The van der Waals surface area contributed by atoms with Crippen LogP contribution in [0.2, 0.25) is 0 Å². The fourth-order valence-electron chi connectivity index (χ4n) is 2.13. The Morgan fingerprint density at radius 1 is 1.15 bits per heavy atom. The minimum Gasteiger partial charge on any atom is -0.494 e. The molecule has 4 nitrogen and oxygen atoms in total. The van der Waals surface area contributed by atoms with Gasteiger partial charge >= 0.3 is 0 Å². The number of halogens is 2. The summed E-state index contributed by atoms with van der Waals surface area (Å²) in [6.45, 7) is 0. The Balaban J connectivity index is 2.26. The molecule has 0 aliphatic carbocycles. The van der Waals surface area contributed by atoms with Crippen molar-refractivity contribution in [3.8, 4) is 11.4 Å². The fourth-order valence-corrected chi connectivity index (χ4v) is 2.13. The Hall–Kier alpha value is -2.63. The van der Waals surface area contributed by atoms with E-state index in [0.29, 0.717) is 16.7 Å². The first-order valence-corrected chi connectivity index (χ1v) is 5.87. The number of anilines is 1. The Morgan fingerprint density at radius 3 is 2.70 bits per heavy atom. The lowest BCUT2D eigenvalue weighted by Gasteiger charge is -2.09. The van der Waals surface area contributed by atoms with E-state index in [4.69, 9.17) is 10.5 Å². The third kappa shape index (κ3) is 1.85. The molecule has 0 aliphatic heterocycles. The van der Waals surface area contributed by atoms with Crippen LogP contribution in [0.4, 0.5) is 14.7 Å². The molecule has 0 radical (unpaired) electrons. The van der Waals surface area contributed by atoms with Gasteiger partial charge in [0.15, 0.2) is 11.6 Å². The van der Waals surface area contributed by atoms with Crippen LogP contribution in [0.1, 0.15) is 0 Å². The summed E-state index contributed by atoms with van der Waals surface area (Å²) in [6, 6.07) is 8.53. The van der Waals surface area contributed by atoms with Crippen molar-refractivity contribution in [1.29, 1.82) is 0 Å². The SMILES string of the molecule is COc1cc(-n2c(N)nc3cc(F)ccc32)ccc1F. The number of hydrogen-bond donors (Lipinski definition) is 1. The van der Waals surface area contributed by atoms with Gasteiger partial charge in [-0.25, -0.2) is 13.8 Å². The van der Waals surface area contributed by atoms with Gasteiger partial charge in [-0.2, -0.15) is 0 Å². The van der Waals surface area contributed by atoms with E-state index in [1.807, 2.05) is 0 Å². The Bertz CT molecular complexity index is 798. The summed E-state index contributed by atoms with van der Waals surface area (Å²) < 4.78 is 33.2. The first kappa shape index (κ1) is 12.4. The van der Waals surface area contributed by atoms with Gasteiger partial charge in [0.2, 0.25) is 5.95 Å². The van der Waals surface area contributed by atoms with Crippen LogP contribution in [-0.2, 0) is 0 Å². The maximum absolute atomic E-state index is 13.4. The Morgan fingerprint density at radius 2 is 1.95 bits per heavy atom. The molecule has 3 rings (SSSR count). The minimum absolute atomic E-state index is 0.103. The maximum atomic E-state index is 13.4. The van der Waals surface area contributed by atoms with E-state index in [9.17, 15) is 8.78 Å². The van der Waals surface area contributed by atoms with E-state index in [1.165, 1.54) is 31.4 Å². The van der Waals surface area contributed by atoms with Crippen LogP contribution in [0.3, 0.4) is 0 Å². The number of fused-ring (bicyclic) bond motifs is 1. The summed E-state index contributed by atoms with van der Waals surface area (Å²) in [7, 11) is 1.38. The summed E-state index contributed by atoms with van der Waals surface area (Å²) in [6.07, 6.45) is 0. The van der Waals surface area contributed by atoms with Gasteiger partial charge in [-0.05, 0) is 24.3 Å². The number of imidazole rings is 1. The zero-order chi connectivity index (χ0) is 14.3. The van der Waals surface area contributed by atoms with Gasteiger partial charge in [0, 0.05) is 12.1 Å². The number of hydrogen-bond acceptors (Lipinski definition) is 3. The lowest BCUT2D eigenvalue weighted by Crippen LogP contribution is -2.01. The average molecular weight is 275 g/mol. The molecular weight excluding hydrogens is 264 g/mol. The highest BCUT2D eigenvalue weighted by Gasteiger charge is 2.12. The monoisotopic (exact) mass is 275 g/mol. The molecule has 0 unspecified atom stereocenters. The summed E-state index contributed by atoms with van der Waals surface area (Å²) >= 11 is 0. The molecule has 0 fully saturated rings. The van der Waals surface area contributed by atoms with Gasteiger partial charge in [-0.1, -0.05) is 0 Å². The molecule has 2 N–H and O–H groups in total. The van der Waals surface area contributed by atoms with Crippen molar-refractivity contribution in [3.63, 3.8) is 0 Å². The Labute approximate surface area is 113 Å². The van der Waals surface area contributed by atoms with Crippen LogP contribution in [0, 0.1) is 11.6 Å². The third-order valence-corrected chi connectivity index (χ3v) is 3.04. The van der Waals surface area contributed by atoms with Crippen molar-refractivity contribution in [2.45, 2.75) is 0 Å². The van der Waals surface area contributed by atoms with Crippen molar-refractivity contribution in [3.05, 3.63) is 48.0 Å². The van der Waals surface area contributed by atoms with Gasteiger partial charge in [0.1, 0.15) is 5.82 Å². The number of benzene rings is 2. The van der Waals surface area contributed by atoms with Crippen molar-refractivity contribution in [2.75, 3.05) is 12.8 Å². The molecule has 3 aromatic rings. The van der Waals surface area contributed by atoms with E-state index in [0.717, 1.165) is 0 Å².